The second-order valence-electron chi connectivity index (χ2n) is 4.12. The van der Waals surface area contributed by atoms with Crippen molar-refractivity contribution in [1.82, 2.24) is 5.32 Å². The van der Waals surface area contributed by atoms with Gasteiger partial charge in [0.2, 0.25) is 5.91 Å². The fourth-order valence-corrected chi connectivity index (χ4v) is 3.58. The molecule has 1 heterocycles. The van der Waals surface area contributed by atoms with Crippen LogP contribution in [0.25, 0.3) is 0 Å². The topological polar surface area (TPSA) is 87.0 Å². The zero-order valence-corrected chi connectivity index (χ0v) is 10.1. The van der Waals surface area contributed by atoms with Crippen molar-refractivity contribution in [3.05, 3.63) is 0 Å². The first-order chi connectivity index (χ1) is 7.47. The van der Waals surface area contributed by atoms with Crippen molar-refractivity contribution < 1.29 is 13.2 Å². The molecule has 0 bridgehead atoms. The predicted octanol–water partition coefficient (Wildman–Crippen LogP) is 0.372. The number of carbonyl (C=O) groups excluding carboxylic acids is 1. The van der Waals surface area contributed by atoms with Gasteiger partial charge in [-0.05, 0) is 19.8 Å². The van der Waals surface area contributed by atoms with Crippen molar-refractivity contribution in [3.8, 4) is 6.07 Å². The van der Waals surface area contributed by atoms with Crippen molar-refractivity contribution >= 4 is 15.7 Å². The van der Waals surface area contributed by atoms with E-state index in [4.69, 9.17) is 5.26 Å². The molecule has 1 fully saturated rings. The van der Waals surface area contributed by atoms with E-state index in [1.54, 1.807) is 6.92 Å². The number of hydrogen-bond acceptors (Lipinski definition) is 4. The Kier molecular flexibility index (Phi) is 4.30. The molecule has 1 saturated heterocycles. The van der Waals surface area contributed by atoms with Gasteiger partial charge in [0.05, 0.1) is 18.2 Å². The molecule has 2 atom stereocenters. The highest BCUT2D eigenvalue weighted by Crippen LogP contribution is 2.19. The van der Waals surface area contributed by atoms with Crippen molar-refractivity contribution in [3.63, 3.8) is 0 Å². The summed E-state index contributed by atoms with van der Waals surface area (Å²) >= 11 is 0. The van der Waals surface area contributed by atoms with Crippen LogP contribution in [0.1, 0.15) is 32.6 Å². The van der Waals surface area contributed by atoms with E-state index in [2.05, 4.69) is 5.32 Å². The van der Waals surface area contributed by atoms with Crippen LogP contribution in [0.5, 0.6) is 0 Å². The van der Waals surface area contributed by atoms with E-state index in [0.717, 1.165) is 6.42 Å². The molecule has 5 nitrogen and oxygen atoms in total. The van der Waals surface area contributed by atoms with Crippen LogP contribution in [0.4, 0.5) is 0 Å². The van der Waals surface area contributed by atoms with Gasteiger partial charge in [0.15, 0.2) is 9.84 Å². The Morgan fingerprint density at radius 2 is 2.25 bits per heavy atom. The fourth-order valence-electron chi connectivity index (χ4n) is 1.77. The number of rotatable bonds is 3. The van der Waals surface area contributed by atoms with Gasteiger partial charge in [-0.1, -0.05) is 6.42 Å². The van der Waals surface area contributed by atoms with E-state index < -0.39 is 21.0 Å². The second kappa shape index (κ2) is 5.30. The van der Waals surface area contributed by atoms with Crippen LogP contribution in [0.2, 0.25) is 0 Å². The average molecular weight is 244 g/mol. The lowest BCUT2D eigenvalue weighted by Gasteiger charge is -2.22. The summed E-state index contributed by atoms with van der Waals surface area (Å²) in [5.41, 5.74) is 0. The number of nitriles is 1. The molecule has 0 aromatic rings. The highest BCUT2D eigenvalue weighted by atomic mass is 32.2. The summed E-state index contributed by atoms with van der Waals surface area (Å²) in [5.74, 6) is -0.361. The van der Waals surface area contributed by atoms with Gasteiger partial charge in [0.1, 0.15) is 5.25 Å². The second-order valence-corrected chi connectivity index (χ2v) is 6.43. The third-order valence-corrected chi connectivity index (χ3v) is 4.83. The highest BCUT2D eigenvalue weighted by Gasteiger charge is 2.35. The predicted molar refractivity (Wildman–Crippen MR) is 59.3 cm³/mol. The van der Waals surface area contributed by atoms with Crippen LogP contribution in [-0.4, -0.2) is 31.4 Å². The average Bonchev–Trinajstić information content (AvgIpc) is 2.16. The Hall–Kier alpha value is -1.09. The first kappa shape index (κ1) is 13.0. The lowest BCUT2D eigenvalue weighted by molar-refractivity contribution is -0.121. The Morgan fingerprint density at radius 3 is 2.81 bits per heavy atom. The summed E-state index contributed by atoms with van der Waals surface area (Å²) in [5, 5.41) is 10.1. The van der Waals surface area contributed by atoms with Crippen LogP contribution in [0, 0.1) is 11.3 Å². The molecular formula is C10H16N2O3S. The maximum absolute atomic E-state index is 11.7. The Balaban J connectivity index is 2.63. The van der Waals surface area contributed by atoms with E-state index >= 15 is 0 Å². The molecule has 1 amide bonds. The number of sulfone groups is 1. The minimum atomic E-state index is -3.28. The fraction of sp³-hybridized carbons (Fsp3) is 0.800. The number of hydrogen-bond donors (Lipinski definition) is 1. The number of nitrogens with one attached hydrogen (secondary N) is 1. The van der Waals surface area contributed by atoms with E-state index in [-0.39, 0.29) is 18.2 Å². The third-order valence-electron chi connectivity index (χ3n) is 2.66. The van der Waals surface area contributed by atoms with Crippen LogP contribution in [-0.2, 0) is 14.6 Å². The maximum atomic E-state index is 11.7. The normalized spacial score (nSPS) is 25.4. The summed E-state index contributed by atoms with van der Waals surface area (Å²) in [4.78, 5) is 11.7. The molecule has 1 aliphatic heterocycles. The molecule has 0 aliphatic carbocycles. The number of amides is 1. The van der Waals surface area contributed by atoms with Crippen molar-refractivity contribution in [2.45, 2.75) is 43.9 Å². The van der Waals surface area contributed by atoms with Crippen LogP contribution in [0.15, 0.2) is 0 Å². The smallest absolute Gasteiger partial charge is 0.238 e. The standard InChI is InChI=1S/C10H16N2O3S/c1-8(5-6-11)12-10(13)9-4-2-3-7-16(9,14)15/h8-9H,2-5,7H2,1H3,(H,12,13). The summed E-state index contributed by atoms with van der Waals surface area (Å²) < 4.78 is 23.3. The van der Waals surface area contributed by atoms with Crippen molar-refractivity contribution in [2.24, 2.45) is 0 Å². The summed E-state index contributed by atoms with van der Waals surface area (Å²) in [6.07, 6.45) is 2.00. The summed E-state index contributed by atoms with van der Waals surface area (Å²) in [6, 6.07) is 1.64. The van der Waals surface area contributed by atoms with Crippen LogP contribution < -0.4 is 5.32 Å². The quantitative estimate of drug-likeness (QED) is 0.777. The zero-order valence-electron chi connectivity index (χ0n) is 9.27. The van der Waals surface area contributed by atoms with Gasteiger partial charge >= 0.3 is 0 Å². The molecule has 0 saturated carbocycles. The van der Waals surface area contributed by atoms with Crippen LogP contribution >= 0.6 is 0 Å². The number of carbonyl (C=O) groups is 1. The lowest BCUT2D eigenvalue weighted by Crippen LogP contribution is -2.45. The summed E-state index contributed by atoms with van der Waals surface area (Å²) in [6.45, 7) is 1.69. The van der Waals surface area contributed by atoms with Gasteiger partial charge in [-0.2, -0.15) is 5.26 Å². The molecule has 0 aromatic carbocycles. The van der Waals surface area contributed by atoms with Crippen LogP contribution in [0.3, 0.4) is 0 Å². The van der Waals surface area contributed by atoms with Gasteiger partial charge in [-0.25, -0.2) is 8.42 Å². The Bertz CT molecular complexity index is 397. The highest BCUT2D eigenvalue weighted by molar-refractivity contribution is 7.92. The largest absolute Gasteiger partial charge is 0.351 e. The minimum absolute atomic E-state index is 0.0950. The van der Waals surface area contributed by atoms with E-state index in [9.17, 15) is 13.2 Å². The van der Waals surface area contributed by atoms with Gasteiger partial charge in [0, 0.05) is 6.04 Å². The van der Waals surface area contributed by atoms with E-state index in [1.165, 1.54) is 0 Å². The van der Waals surface area contributed by atoms with Crippen molar-refractivity contribution in [1.29, 1.82) is 5.26 Å². The molecular weight excluding hydrogens is 228 g/mol. The molecule has 16 heavy (non-hydrogen) atoms. The molecule has 1 aliphatic rings. The SMILES string of the molecule is CC(CC#N)NC(=O)C1CCCCS1(=O)=O. The van der Waals surface area contributed by atoms with Crippen molar-refractivity contribution in [2.75, 3.05) is 5.75 Å². The molecule has 0 aromatic heterocycles. The molecule has 90 valence electrons. The molecule has 1 N–H and O–H groups in total. The van der Waals surface area contributed by atoms with Gasteiger partial charge in [-0.3, -0.25) is 4.79 Å². The van der Waals surface area contributed by atoms with Gasteiger partial charge in [0.25, 0.3) is 0 Å². The molecule has 0 radical (unpaired) electrons. The Morgan fingerprint density at radius 1 is 1.56 bits per heavy atom. The van der Waals surface area contributed by atoms with E-state index in [0.29, 0.717) is 12.8 Å². The zero-order chi connectivity index (χ0) is 12.2. The lowest BCUT2D eigenvalue weighted by atomic mass is 10.1. The molecule has 1 rings (SSSR count). The first-order valence-electron chi connectivity index (χ1n) is 5.36. The van der Waals surface area contributed by atoms with Gasteiger partial charge in [-0.15, -0.1) is 0 Å². The third kappa shape index (κ3) is 3.20. The first-order valence-corrected chi connectivity index (χ1v) is 7.08. The van der Waals surface area contributed by atoms with Gasteiger partial charge < -0.3 is 5.32 Å². The molecule has 0 spiro atoms. The monoisotopic (exact) mass is 244 g/mol. The summed E-state index contributed by atoms with van der Waals surface area (Å²) in [7, 11) is -3.28. The van der Waals surface area contributed by atoms with E-state index in [1.807, 2.05) is 6.07 Å². The molecule has 2 unspecified atom stereocenters. The minimum Gasteiger partial charge on any atom is -0.351 e. The maximum Gasteiger partial charge on any atom is 0.238 e. The number of nitrogens with zero attached hydrogens (tertiary/aromatic N) is 1. The Labute approximate surface area is 95.7 Å². The molecule has 6 heteroatoms.